The summed E-state index contributed by atoms with van der Waals surface area (Å²) in [6, 6.07) is 4.17. The molecule has 0 unspecified atom stereocenters. The molecular formula is C17H26N2O3. The predicted octanol–water partition coefficient (Wildman–Crippen LogP) is 2.59. The number of hydrogen-bond acceptors (Lipinski definition) is 4. The number of nitrogens with zero attached hydrogens (tertiary/aromatic N) is 2. The Labute approximate surface area is 132 Å². The molecule has 0 atom stereocenters. The van der Waals surface area contributed by atoms with Gasteiger partial charge in [-0.15, -0.1) is 0 Å². The van der Waals surface area contributed by atoms with E-state index in [4.69, 9.17) is 9.47 Å². The second-order valence-corrected chi connectivity index (χ2v) is 5.64. The summed E-state index contributed by atoms with van der Waals surface area (Å²) in [6.07, 6.45) is -0.196. The number of ether oxygens (including phenoxy) is 2. The van der Waals surface area contributed by atoms with Crippen LogP contribution in [0.2, 0.25) is 0 Å². The van der Waals surface area contributed by atoms with Crippen molar-refractivity contribution in [3.05, 3.63) is 28.8 Å². The first-order valence-corrected chi connectivity index (χ1v) is 7.84. The average Bonchev–Trinajstić information content (AvgIpc) is 2.53. The second-order valence-electron chi connectivity index (χ2n) is 5.64. The number of carbonyl (C=O) groups excluding carboxylic acids is 1. The zero-order chi connectivity index (χ0) is 16.1. The van der Waals surface area contributed by atoms with E-state index in [1.165, 1.54) is 16.7 Å². The summed E-state index contributed by atoms with van der Waals surface area (Å²) in [5.41, 5.74) is 3.81. The summed E-state index contributed by atoms with van der Waals surface area (Å²) in [4.78, 5) is 15.9. The third kappa shape index (κ3) is 3.71. The highest BCUT2D eigenvalue weighted by Gasteiger charge is 2.22. The molecule has 1 aromatic carbocycles. The maximum atomic E-state index is 11.7. The van der Waals surface area contributed by atoms with Crippen LogP contribution < -0.4 is 4.74 Å². The normalized spacial score (nSPS) is 15.7. The molecule has 1 aliphatic heterocycles. The summed E-state index contributed by atoms with van der Waals surface area (Å²) in [7, 11) is 1.70. The summed E-state index contributed by atoms with van der Waals surface area (Å²) in [5, 5.41) is 0. The van der Waals surface area contributed by atoms with E-state index in [-0.39, 0.29) is 6.09 Å². The highest BCUT2D eigenvalue weighted by Crippen LogP contribution is 2.25. The molecule has 0 aromatic heterocycles. The quantitative estimate of drug-likeness (QED) is 0.857. The largest absolute Gasteiger partial charge is 0.496 e. The molecule has 2 rings (SSSR count). The van der Waals surface area contributed by atoms with Crippen molar-refractivity contribution in [1.82, 2.24) is 9.80 Å². The summed E-state index contributed by atoms with van der Waals surface area (Å²) < 4.78 is 10.4. The molecule has 0 N–H and O–H groups in total. The van der Waals surface area contributed by atoms with Crippen LogP contribution >= 0.6 is 0 Å². The van der Waals surface area contributed by atoms with E-state index >= 15 is 0 Å². The first-order chi connectivity index (χ1) is 10.6. The van der Waals surface area contributed by atoms with Crippen LogP contribution in [0.1, 0.15) is 23.6 Å². The fourth-order valence-electron chi connectivity index (χ4n) is 2.79. The van der Waals surface area contributed by atoms with Gasteiger partial charge in [0.05, 0.1) is 13.7 Å². The molecule has 1 saturated heterocycles. The van der Waals surface area contributed by atoms with Crippen molar-refractivity contribution in [3.63, 3.8) is 0 Å². The van der Waals surface area contributed by atoms with Crippen LogP contribution in [-0.4, -0.2) is 55.8 Å². The maximum absolute atomic E-state index is 11.7. The van der Waals surface area contributed by atoms with Gasteiger partial charge in [0.1, 0.15) is 5.75 Å². The molecule has 1 aliphatic rings. The molecule has 0 radical (unpaired) electrons. The third-order valence-corrected chi connectivity index (χ3v) is 4.36. The molecule has 122 valence electrons. The van der Waals surface area contributed by atoms with Crippen molar-refractivity contribution in [2.75, 3.05) is 39.9 Å². The lowest BCUT2D eigenvalue weighted by atomic mass is 10.0. The van der Waals surface area contributed by atoms with E-state index in [1.807, 2.05) is 13.0 Å². The van der Waals surface area contributed by atoms with E-state index in [0.717, 1.165) is 38.5 Å². The molecule has 0 aliphatic carbocycles. The lowest BCUT2D eigenvalue weighted by Crippen LogP contribution is -2.48. The summed E-state index contributed by atoms with van der Waals surface area (Å²) >= 11 is 0. The van der Waals surface area contributed by atoms with Crippen molar-refractivity contribution in [2.24, 2.45) is 0 Å². The topological polar surface area (TPSA) is 42.0 Å². The number of hydrogen-bond donors (Lipinski definition) is 0. The standard InChI is InChI=1S/C17H26N2O3/c1-5-22-17(20)19-10-8-18(9-11-19)12-15-6-7-16(21-4)14(3)13(15)2/h6-7H,5,8-12H2,1-4H3. The molecule has 5 nitrogen and oxygen atoms in total. The Bertz CT molecular complexity index is 523. The van der Waals surface area contributed by atoms with Crippen LogP contribution in [0.5, 0.6) is 5.75 Å². The van der Waals surface area contributed by atoms with Crippen LogP contribution in [-0.2, 0) is 11.3 Å². The van der Waals surface area contributed by atoms with E-state index < -0.39 is 0 Å². The molecule has 0 saturated carbocycles. The Kier molecular flexibility index (Phi) is 5.66. The Morgan fingerprint density at radius 1 is 1.14 bits per heavy atom. The molecule has 1 amide bonds. The number of methoxy groups -OCH3 is 1. The Balaban J connectivity index is 1.94. The van der Waals surface area contributed by atoms with Gasteiger partial charge in [0.15, 0.2) is 0 Å². The van der Waals surface area contributed by atoms with Gasteiger partial charge >= 0.3 is 6.09 Å². The minimum atomic E-state index is -0.196. The summed E-state index contributed by atoms with van der Waals surface area (Å²) in [6.45, 7) is 10.6. The monoisotopic (exact) mass is 306 g/mol. The molecule has 1 aromatic rings. The SMILES string of the molecule is CCOC(=O)N1CCN(Cc2ccc(OC)c(C)c2C)CC1. The van der Waals surface area contributed by atoms with E-state index in [9.17, 15) is 4.79 Å². The minimum Gasteiger partial charge on any atom is -0.496 e. The predicted molar refractivity (Wildman–Crippen MR) is 86.3 cm³/mol. The van der Waals surface area contributed by atoms with Gasteiger partial charge in [-0.05, 0) is 43.5 Å². The first kappa shape index (κ1) is 16.6. The molecule has 1 fully saturated rings. The lowest BCUT2D eigenvalue weighted by Gasteiger charge is -2.34. The fraction of sp³-hybridized carbons (Fsp3) is 0.588. The molecule has 5 heteroatoms. The van der Waals surface area contributed by atoms with E-state index in [0.29, 0.717) is 6.61 Å². The van der Waals surface area contributed by atoms with Gasteiger partial charge in [0, 0.05) is 32.7 Å². The van der Waals surface area contributed by atoms with Crippen molar-refractivity contribution in [2.45, 2.75) is 27.3 Å². The molecular weight excluding hydrogens is 280 g/mol. The van der Waals surface area contributed by atoms with Crippen LogP contribution in [0.3, 0.4) is 0 Å². The van der Waals surface area contributed by atoms with Gasteiger partial charge in [-0.2, -0.15) is 0 Å². The zero-order valence-electron chi connectivity index (χ0n) is 14.0. The van der Waals surface area contributed by atoms with Crippen molar-refractivity contribution < 1.29 is 14.3 Å². The lowest BCUT2D eigenvalue weighted by molar-refractivity contribution is 0.0778. The zero-order valence-corrected chi connectivity index (χ0v) is 14.0. The van der Waals surface area contributed by atoms with Gasteiger partial charge in [-0.25, -0.2) is 4.79 Å². The van der Waals surface area contributed by atoms with Gasteiger partial charge in [-0.3, -0.25) is 4.90 Å². The molecule has 0 spiro atoms. The smallest absolute Gasteiger partial charge is 0.409 e. The van der Waals surface area contributed by atoms with Crippen molar-refractivity contribution in [1.29, 1.82) is 0 Å². The third-order valence-electron chi connectivity index (χ3n) is 4.36. The molecule has 1 heterocycles. The second kappa shape index (κ2) is 7.49. The van der Waals surface area contributed by atoms with Crippen molar-refractivity contribution >= 4 is 6.09 Å². The van der Waals surface area contributed by atoms with Crippen LogP contribution in [0.15, 0.2) is 12.1 Å². The Morgan fingerprint density at radius 2 is 1.82 bits per heavy atom. The highest BCUT2D eigenvalue weighted by molar-refractivity contribution is 5.67. The maximum Gasteiger partial charge on any atom is 0.409 e. The number of rotatable bonds is 4. The van der Waals surface area contributed by atoms with Crippen molar-refractivity contribution in [3.8, 4) is 5.75 Å². The van der Waals surface area contributed by atoms with Gasteiger partial charge in [0.2, 0.25) is 0 Å². The summed E-state index contributed by atoms with van der Waals surface area (Å²) in [5.74, 6) is 0.938. The number of carbonyl (C=O) groups is 1. The minimum absolute atomic E-state index is 0.196. The number of benzene rings is 1. The van der Waals surface area contributed by atoms with Crippen LogP contribution in [0, 0.1) is 13.8 Å². The van der Waals surface area contributed by atoms with Crippen LogP contribution in [0.25, 0.3) is 0 Å². The van der Waals surface area contributed by atoms with Crippen LogP contribution in [0.4, 0.5) is 4.79 Å². The number of amides is 1. The van der Waals surface area contributed by atoms with E-state index in [1.54, 1.807) is 12.0 Å². The van der Waals surface area contributed by atoms with Gasteiger partial charge in [0.25, 0.3) is 0 Å². The van der Waals surface area contributed by atoms with Gasteiger partial charge in [-0.1, -0.05) is 6.07 Å². The van der Waals surface area contributed by atoms with E-state index in [2.05, 4.69) is 24.8 Å². The molecule has 22 heavy (non-hydrogen) atoms. The molecule has 0 bridgehead atoms. The highest BCUT2D eigenvalue weighted by atomic mass is 16.6. The fourth-order valence-corrected chi connectivity index (χ4v) is 2.79. The Morgan fingerprint density at radius 3 is 2.41 bits per heavy atom. The average molecular weight is 306 g/mol. The number of piperazine rings is 1. The Hall–Kier alpha value is -1.75. The van der Waals surface area contributed by atoms with Gasteiger partial charge < -0.3 is 14.4 Å². The first-order valence-electron chi connectivity index (χ1n) is 7.84.